The number of nitriles is 1. The summed E-state index contributed by atoms with van der Waals surface area (Å²) in [6.07, 6.45) is 2.83. The molecule has 14 heavy (non-hydrogen) atoms. The van der Waals surface area contributed by atoms with Gasteiger partial charge < -0.3 is 5.11 Å². The van der Waals surface area contributed by atoms with E-state index in [9.17, 15) is 5.11 Å². The number of aromatic hydroxyl groups is 1. The summed E-state index contributed by atoms with van der Waals surface area (Å²) in [6.45, 7) is 0. The molecule has 1 aromatic rings. The number of phenols is 1. The minimum atomic E-state index is -0.411. The first-order valence-corrected chi connectivity index (χ1v) is 5.66. The summed E-state index contributed by atoms with van der Waals surface area (Å²) in [6, 6.07) is 7.78. The van der Waals surface area contributed by atoms with Crippen LogP contribution >= 0.6 is 22.6 Å². The lowest BCUT2D eigenvalue weighted by atomic mass is 9.65. The van der Waals surface area contributed by atoms with Crippen molar-refractivity contribution in [1.82, 2.24) is 0 Å². The number of benzene rings is 1. The predicted molar refractivity (Wildman–Crippen MR) is 62.0 cm³/mol. The molecule has 72 valence electrons. The van der Waals surface area contributed by atoms with Crippen molar-refractivity contribution < 1.29 is 5.11 Å². The lowest BCUT2D eigenvalue weighted by molar-refractivity contribution is 0.311. The Morgan fingerprint density at radius 3 is 2.64 bits per heavy atom. The zero-order valence-electron chi connectivity index (χ0n) is 7.63. The number of rotatable bonds is 1. The molecule has 1 N–H and O–H groups in total. The van der Waals surface area contributed by atoms with E-state index in [2.05, 4.69) is 28.7 Å². The van der Waals surface area contributed by atoms with Crippen molar-refractivity contribution in [2.45, 2.75) is 24.7 Å². The second-order valence-corrected chi connectivity index (χ2v) is 4.95. The van der Waals surface area contributed by atoms with Gasteiger partial charge in [0.2, 0.25) is 0 Å². The summed E-state index contributed by atoms with van der Waals surface area (Å²) >= 11 is 2.20. The third-order valence-electron chi connectivity index (χ3n) is 2.90. The minimum Gasteiger partial charge on any atom is -0.508 e. The van der Waals surface area contributed by atoms with Crippen LogP contribution in [0.15, 0.2) is 18.2 Å². The van der Waals surface area contributed by atoms with Gasteiger partial charge in [-0.2, -0.15) is 5.26 Å². The summed E-state index contributed by atoms with van der Waals surface area (Å²) in [5.74, 6) is 0.256. The molecule has 2 rings (SSSR count). The maximum absolute atomic E-state index is 9.71. The monoisotopic (exact) mass is 299 g/mol. The van der Waals surface area contributed by atoms with Gasteiger partial charge in [-0.15, -0.1) is 0 Å². The van der Waals surface area contributed by atoms with Crippen LogP contribution < -0.4 is 0 Å². The fraction of sp³-hybridized carbons (Fsp3) is 0.364. The highest BCUT2D eigenvalue weighted by molar-refractivity contribution is 14.1. The number of nitrogens with zero attached hydrogens (tertiary/aromatic N) is 1. The van der Waals surface area contributed by atoms with E-state index in [4.69, 9.17) is 5.26 Å². The van der Waals surface area contributed by atoms with Gasteiger partial charge in [0.1, 0.15) is 5.75 Å². The molecule has 1 fully saturated rings. The first-order chi connectivity index (χ1) is 6.68. The standard InChI is InChI=1S/C11H10INO/c12-8-2-3-10(14)9(6-8)11(7-13)4-1-5-11/h2-3,6,14H,1,4-5H2. The van der Waals surface area contributed by atoms with Crippen molar-refractivity contribution in [2.75, 3.05) is 0 Å². The first kappa shape index (κ1) is 9.78. The average Bonchev–Trinajstić information content (AvgIpc) is 2.10. The predicted octanol–water partition coefficient (Wildman–Crippen LogP) is 2.94. The summed E-state index contributed by atoms with van der Waals surface area (Å²) in [7, 11) is 0. The second kappa shape index (κ2) is 3.43. The van der Waals surface area contributed by atoms with E-state index in [0.717, 1.165) is 28.4 Å². The van der Waals surface area contributed by atoms with Gasteiger partial charge in [0.05, 0.1) is 11.5 Å². The van der Waals surface area contributed by atoms with Crippen LogP contribution in [0.4, 0.5) is 0 Å². The maximum atomic E-state index is 9.71. The van der Waals surface area contributed by atoms with Gasteiger partial charge >= 0.3 is 0 Å². The quantitative estimate of drug-likeness (QED) is 0.810. The van der Waals surface area contributed by atoms with Crippen LogP contribution in [-0.2, 0) is 5.41 Å². The Balaban J connectivity index is 2.50. The maximum Gasteiger partial charge on any atom is 0.120 e. The Morgan fingerprint density at radius 2 is 2.14 bits per heavy atom. The van der Waals surface area contributed by atoms with Crippen LogP contribution in [0.25, 0.3) is 0 Å². The second-order valence-electron chi connectivity index (χ2n) is 3.71. The van der Waals surface area contributed by atoms with E-state index >= 15 is 0 Å². The molecule has 1 aliphatic rings. The Labute approximate surface area is 96.7 Å². The summed E-state index contributed by atoms with van der Waals surface area (Å²) in [5.41, 5.74) is 0.392. The number of hydrogen-bond acceptors (Lipinski definition) is 2. The lowest BCUT2D eigenvalue weighted by Gasteiger charge is -2.36. The molecule has 0 amide bonds. The highest BCUT2D eigenvalue weighted by atomic mass is 127. The van der Waals surface area contributed by atoms with Crippen molar-refractivity contribution in [2.24, 2.45) is 0 Å². The molecule has 0 bridgehead atoms. The fourth-order valence-corrected chi connectivity index (χ4v) is 2.35. The minimum absolute atomic E-state index is 0.256. The van der Waals surface area contributed by atoms with Crippen molar-refractivity contribution in [3.8, 4) is 11.8 Å². The van der Waals surface area contributed by atoms with Gasteiger partial charge in [-0.25, -0.2) is 0 Å². The highest BCUT2D eigenvalue weighted by Gasteiger charge is 2.40. The Hall–Kier alpha value is -0.760. The molecule has 0 aliphatic heterocycles. The molecule has 0 radical (unpaired) electrons. The molecular weight excluding hydrogens is 289 g/mol. The van der Waals surface area contributed by atoms with Crippen LogP contribution in [0.5, 0.6) is 5.75 Å². The van der Waals surface area contributed by atoms with Gasteiger partial charge in [0.25, 0.3) is 0 Å². The molecule has 2 nitrogen and oxygen atoms in total. The highest BCUT2D eigenvalue weighted by Crippen LogP contribution is 2.46. The van der Waals surface area contributed by atoms with E-state index < -0.39 is 5.41 Å². The fourth-order valence-electron chi connectivity index (χ4n) is 1.86. The number of hydrogen-bond donors (Lipinski definition) is 1. The zero-order chi connectivity index (χ0) is 10.2. The third-order valence-corrected chi connectivity index (χ3v) is 3.57. The molecular formula is C11H10INO. The Kier molecular flexibility index (Phi) is 2.40. The Morgan fingerprint density at radius 1 is 1.43 bits per heavy atom. The van der Waals surface area contributed by atoms with Crippen LogP contribution in [0.3, 0.4) is 0 Å². The summed E-state index contributed by atoms with van der Waals surface area (Å²) < 4.78 is 1.07. The summed E-state index contributed by atoms with van der Waals surface area (Å²) in [5, 5.41) is 18.9. The molecule has 0 atom stereocenters. The molecule has 0 spiro atoms. The van der Waals surface area contributed by atoms with E-state index in [-0.39, 0.29) is 5.75 Å². The van der Waals surface area contributed by atoms with Gasteiger partial charge in [0.15, 0.2) is 0 Å². The molecule has 3 heteroatoms. The third kappa shape index (κ3) is 1.38. The van der Waals surface area contributed by atoms with Crippen LogP contribution in [0.2, 0.25) is 0 Å². The van der Waals surface area contributed by atoms with Crippen LogP contribution in [-0.4, -0.2) is 5.11 Å². The smallest absolute Gasteiger partial charge is 0.120 e. The zero-order valence-corrected chi connectivity index (χ0v) is 9.78. The average molecular weight is 299 g/mol. The van der Waals surface area contributed by atoms with Gasteiger partial charge in [-0.3, -0.25) is 0 Å². The van der Waals surface area contributed by atoms with Crippen molar-refractivity contribution in [3.63, 3.8) is 0 Å². The van der Waals surface area contributed by atoms with E-state index in [1.54, 1.807) is 6.07 Å². The molecule has 1 aliphatic carbocycles. The first-order valence-electron chi connectivity index (χ1n) is 4.58. The molecule has 0 aromatic heterocycles. The molecule has 0 saturated heterocycles. The number of halogens is 1. The van der Waals surface area contributed by atoms with Crippen LogP contribution in [0.1, 0.15) is 24.8 Å². The SMILES string of the molecule is N#CC1(c2cc(I)ccc2O)CCC1. The van der Waals surface area contributed by atoms with Gasteiger partial charge in [0, 0.05) is 9.13 Å². The normalized spacial score (nSPS) is 18.3. The lowest BCUT2D eigenvalue weighted by Crippen LogP contribution is -2.32. The van der Waals surface area contributed by atoms with Crippen molar-refractivity contribution >= 4 is 22.6 Å². The largest absolute Gasteiger partial charge is 0.508 e. The van der Waals surface area contributed by atoms with Crippen molar-refractivity contribution in [1.29, 1.82) is 5.26 Å². The van der Waals surface area contributed by atoms with Crippen LogP contribution in [0, 0.1) is 14.9 Å². The number of phenolic OH excluding ortho intramolecular Hbond substituents is 1. The summed E-state index contributed by atoms with van der Waals surface area (Å²) in [4.78, 5) is 0. The van der Waals surface area contributed by atoms with E-state index in [0.29, 0.717) is 0 Å². The molecule has 0 unspecified atom stereocenters. The van der Waals surface area contributed by atoms with Gasteiger partial charge in [-0.1, -0.05) is 0 Å². The molecule has 1 saturated carbocycles. The molecule has 0 heterocycles. The topological polar surface area (TPSA) is 44.0 Å². The Bertz CT molecular complexity index is 404. The van der Waals surface area contributed by atoms with Crippen molar-refractivity contribution in [3.05, 3.63) is 27.3 Å². The van der Waals surface area contributed by atoms with E-state index in [1.165, 1.54) is 0 Å². The molecule has 1 aromatic carbocycles. The van der Waals surface area contributed by atoms with E-state index in [1.807, 2.05) is 12.1 Å². The van der Waals surface area contributed by atoms with Gasteiger partial charge in [-0.05, 0) is 60.1 Å².